The van der Waals surface area contributed by atoms with E-state index in [2.05, 4.69) is 41.8 Å². The van der Waals surface area contributed by atoms with Crippen LogP contribution >= 0.6 is 12.4 Å². The number of carbonyl (C=O) groups excluding carboxylic acids is 1. The normalized spacial score (nSPS) is 9.90. The summed E-state index contributed by atoms with van der Waals surface area (Å²) in [5.41, 5.74) is 2.66. The highest BCUT2D eigenvalue weighted by atomic mass is 35.5. The second-order valence-electron chi connectivity index (χ2n) is 5.00. The van der Waals surface area contributed by atoms with Crippen LogP contribution < -0.4 is 10.6 Å². The largest absolute Gasteiger partial charge is 0.356 e. The van der Waals surface area contributed by atoms with E-state index in [4.69, 9.17) is 0 Å². The number of hydrogen-bond acceptors (Lipinski definition) is 2. The highest BCUT2D eigenvalue weighted by Crippen LogP contribution is 2.08. The van der Waals surface area contributed by atoms with Crippen LogP contribution in [0.2, 0.25) is 0 Å². The summed E-state index contributed by atoms with van der Waals surface area (Å²) < 4.78 is 0. The van der Waals surface area contributed by atoms with Crippen molar-refractivity contribution in [3.8, 4) is 0 Å². The Hall–Kier alpha value is -1.06. The zero-order valence-corrected chi connectivity index (χ0v) is 13.4. The summed E-state index contributed by atoms with van der Waals surface area (Å²) in [6.07, 6.45) is 4.74. The Morgan fingerprint density at radius 1 is 1.05 bits per heavy atom. The predicted octanol–water partition coefficient (Wildman–Crippen LogP) is 2.86. The smallest absolute Gasteiger partial charge is 0.219 e. The SMILES string of the molecule is CNCCCNC(=O)CCCCc1ccc(C)cc1.Cl. The first-order valence-corrected chi connectivity index (χ1v) is 7.19. The second-order valence-corrected chi connectivity index (χ2v) is 5.00. The molecule has 0 saturated carbocycles. The third-order valence-electron chi connectivity index (χ3n) is 3.17. The van der Waals surface area contributed by atoms with Gasteiger partial charge in [0.1, 0.15) is 0 Å². The van der Waals surface area contributed by atoms with Gasteiger partial charge in [-0.25, -0.2) is 0 Å². The van der Waals surface area contributed by atoms with Gasteiger partial charge >= 0.3 is 0 Å². The molecule has 0 aromatic heterocycles. The first-order valence-electron chi connectivity index (χ1n) is 7.19. The van der Waals surface area contributed by atoms with Gasteiger partial charge in [-0.3, -0.25) is 4.79 Å². The Morgan fingerprint density at radius 3 is 2.40 bits per heavy atom. The van der Waals surface area contributed by atoms with Crippen LogP contribution in [0.4, 0.5) is 0 Å². The third-order valence-corrected chi connectivity index (χ3v) is 3.17. The van der Waals surface area contributed by atoms with Gasteiger partial charge < -0.3 is 10.6 Å². The van der Waals surface area contributed by atoms with E-state index in [0.29, 0.717) is 6.42 Å². The lowest BCUT2D eigenvalue weighted by atomic mass is 10.1. The lowest BCUT2D eigenvalue weighted by molar-refractivity contribution is -0.121. The maximum absolute atomic E-state index is 11.5. The van der Waals surface area contributed by atoms with Gasteiger partial charge in [0.15, 0.2) is 0 Å². The number of amides is 1. The number of benzene rings is 1. The minimum absolute atomic E-state index is 0. The lowest BCUT2D eigenvalue weighted by Crippen LogP contribution is -2.26. The Morgan fingerprint density at radius 2 is 1.75 bits per heavy atom. The van der Waals surface area contributed by atoms with E-state index < -0.39 is 0 Å². The van der Waals surface area contributed by atoms with Gasteiger partial charge in [0, 0.05) is 13.0 Å². The molecule has 0 unspecified atom stereocenters. The van der Waals surface area contributed by atoms with Gasteiger partial charge in [0.05, 0.1) is 0 Å². The maximum Gasteiger partial charge on any atom is 0.219 e. The Bertz CT molecular complexity index is 365. The molecule has 4 heteroatoms. The van der Waals surface area contributed by atoms with Crippen LogP contribution in [0.3, 0.4) is 0 Å². The maximum atomic E-state index is 11.5. The highest BCUT2D eigenvalue weighted by molar-refractivity contribution is 5.85. The summed E-state index contributed by atoms with van der Waals surface area (Å²) >= 11 is 0. The molecule has 0 saturated heterocycles. The number of rotatable bonds is 9. The van der Waals surface area contributed by atoms with E-state index in [1.165, 1.54) is 11.1 Å². The summed E-state index contributed by atoms with van der Waals surface area (Å²) in [6, 6.07) is 8.63. The fourth-order valence-corrected chi connectivity index (χ4v) is 1.95. The molecule has 20 heavy (non-hydrogen) atoms. The molecule has 1 aromatic rings. The van der Waals surface area contributed by atoms with Crippen molar-refractivity contribution in [3.63, 3.8) is 0 Å². The number of nitrogens with one attached hydrogen (secondary N) is 2. The van der Waals surface area contributed by atoms with Gasteiger partial charge in [-0.05, 0) is 51.8 Å². The second kappa shape index (κ2) is 11.7. The summed E-state index contributed by atoms with van der Waals surface area (Å²) in [5, 5.41) is 6.01. The van der Waals surface area contributed by atoms with Crippen molar-refractivity contribution in [2.24, 2.45) is 0 Å². The molecule has 1 rings (SSSR count). The van der Waals surface area contributed by atoms with E-state index >= 15 is 0 Å². The van der Waals surface area contributed by atoms with Gasteiger partial charge in [0.25, 0.3) is 0 Å². The van der Waals surface area contributed by atoms with E-state index in [0.717, 1.165) is 38.8 Å². The molecule has 0 aliphatic heterocycles. The number of hydrogen-bond donors (Lipinski definition) is 2. The molecule has 0 radical (unpaired) electrons. The zero-order valence-electron chi connectivity index (χ0n) is 12.6. The van der Waals surface area contributed by atoms with E-state index in [1.807, 2.05) is 7.05 Å². The van der Waals surface area contributed by atoms with Crippen LogP contribution in [0, 0.1) is 6.92 Å². The third kappa shape index (κ3) is 8.94. The number of halogens is 1. The van der Waals surface area contributed by atoms with Crippen molar-refractivity contribution in [2.75, 3.05) is 20.1 Å². The highest BCUT2D eigenvalue weighted by Gasteiger charge is 2.00. The predicted molar refractivity (Wildman–Crippen MR) is 87.5 cm³/mol. The van der Waals surface area contributed by atoms with Crippen LogP contribution in [0.5, 0.6) is 0 Å². The molecule has 0 aliphatic carbocycles. The first kappa shape index (κ1) is 18.9. The zero-order chi connectivity index (χ0) is 13.9. The van der Waals surface area contributed by atoms with Gasteiger partial charge in [-0.15, -0.1) is 12.4 Å². The van der Waals surface area contributed by atoms with E-state index in [-0.39, 0.29) is 18.3 Å². The molecular formula is C16H27ClN2O. The van der Waals surface area contributed by atoms with Crippen molar-refractivity contribution in [2.45, 2.75) is 39.0 Å². The Labute approximate surface area is 128 Å². The lowest BCUT2D eigenvalue weighted by Gasteiger charge is -2.05. The van der Waals surface area contributed by atoms with Crippen LogP contribution in [-0.2, 0) is 11.2 Å². The molecular weight excluding hydrogens is 272 g/mol. The summed E-state index contributed by atoms with van der Waals surface area (Å²) in [4.78, 5) is 11.5. The standard InChI is InChI=1S/C16H26N2O.ClH/c1-14-8-10-15(11-9-14)6-3-4-7-16(19)18-13-5-12-17-2;/h8-11,17H,3-7,12-13H2,1-2H3,(H,18,19);1H. The summed E-state index contributed by atoms with van der Waals surface area (Å²) in [5.74, 6) is 0.181. The van der Waals surface area contributed by atoms with Crippen molar-refractivity contribution < 1.29 is 4.79 Å². The minimum Gasteiger partial charge on any atom is -0.356 e. The van der Waals surface area contributed by atoms with E-state index in [9.17, 15) is 4.79 Å². The molecule has 0 fully saturated rings. The van der Waals surface area contributed by atoms with Gasteiger partial charge in [-0.1, -0.05) is 29.8 Å². The fourth-order valence-electron chi connectivity index (χ4n) is 1.95. The van der Waals surface area contributed by atoms with Crippen LogP contribution in [0.15, 0.2) is 24.3 Å². The number of carbonyl (C=O) groups is 1. The molecule has 0 aliphatic rings. The van der Waals surface area contributed by atoms with Crippen molar-refractivity contribution in [3.05, 3.63) is 35.4 Å². The summed E-state index contributed by atoms with van der Waals surface area (Å²) in [6.45, 7) is 3.83. The number of aryl methyl sites for hydroxylation is 2. The first-order chi connectivity index (χ1) is 9.22. The molecule has 1 aromatic carbocycles. The topological polar surface area (TPSA) is 41.1 Å². The average molecular weight is 299 g/mol. The fraction of sp³-hybridized carbons (Fsp3) is 0.562. The van der Waals surface area contributed by atoms with Crippen LogP contribution in [0.25, 0.3) is 0 Å². The van der Waals surface area contributed by atoms with Crippen molar-refractivity contribution in [1.29, 1.82) is 0 Å². The monoisotopic (exact) mass is 298 g/mol. The molecule has 0 heterocycles. The quantitative estimate of drug-likeness (QED) is 0.688. The Balaban J connectivity index is 0.00000361. The summed E-state index contributed by atoms with van der Waals surface area (Å²) in [7, 11) is 1.92. The van der Waals surface area contributed by atoms with Crippen LogP contribution in [0.1, 0.15) is 36.8 Å². The molecule has 2 N–H and O–H groups in total. The molecule has 3 nitrogen and oxygen atoms in total. The molecule has 1 amide bonds. The van der Waals surface area contributed by atoms with Crippen LogP contribution in [-0.4, -0.2) is 26.0 Å². The Kier molecular flexibility index (Phi) is 11.1. The average Bonchev–Trinajstić information content (AvgIpc) is 2.42. The van der Waals surface area contributed by atoms with Gasteiger partial charge in [-0.2, -0.15) is 0 Å². The number of unbranched alkanes of at least 4 members (excludes halogenated alkanes) is 1. The molecule has 0 atom stereocenters. The molecule has 114 valence electrons. The minimum atomic E-state index is 0. The van der Waals surface area contributed by atoms with Crippen molar-refractivity contribution >= 4 is 18.3 Å². The molecule has 0 bridgehead atoms. The molecule has 0 spiro atoms. The van der Waals surface area contributed by atoms with E-state index in [1.54, 1.807) is 0 Å². The van der Waals surface area contributed by atoms with Gasteiger partial charge in [0.2, 0.25) is 5.91 Å². The van der Waals surface area contributed by atoms with Crippen molar-refractivity contribution in [1.82, 2.24) is 10.6 Å².